The Kier molecular flexibility index (Phi) is 4.57. The molecule has 4 nitrogen and oxygen atoms in total. The molecule has 1 saturated carbocycles. The van der Waals surface area contributed by atoms with Crippen LogP contribution in [0, 0.1) is 5.41 Å². The number of hydrogen-bond acceptors (Lipinski definition) is 3. The number of carbonyl (C=O) groups excluding carboxylic acids is 1. The van der Waals surface area contributed by atoms with Gasteiger partial charge in [-0.3, -0.25) is 4.79 Å². The van der Waals surface area contributed by atoms with E-state index in [1.165, 1.54) is 0 Å². The minimum atomic E-state index is -0.326. The van der Waals surface area contributed by atoms with Gasteiger partial charge in [0.2, 0.25) is 0 Å². The van der Waals surface area contributed by atoms with Crippen LogP contribution in [0.1, 0.15) is 44.5 Å². The summed E-state index contributed by atoms with van der Waals surface area (Å²) in [6, 6.07) is 7.75. The Balaban J connectivity index is 2.01. The lowest BCUT2D eigenvalue weighted by Crippen LogP contribution is -2.61. The second kappa shape index (κ2) is 6.06. The third kappa shape index (κ3) is 3.05. The van der Waals surface area contributed by atoms with Gasteiger partial charge in [0.05, 0.1) is 6.10 Å². The van der Waals surface area contributed by atoms with E-state index in [0.29, 0.717) is 12.0 Å². The molecule has 0 bridgehead atoms. The summed E-state index contributed by atoms with van der Waals surface area (Å²) in [5.41, 5.74) is 1.57. The Labute approximate surface area is 127 Å². The van der Waals surface area contributed by atoms with Crippen molar-refractivity contribution in [1.82, 2.24) is 5.32 Å². The molecule has 1 amide bonds. The number of amides is 1. The maximum absolute atomic E-state index is 12.3. The highest BCUT2D eigenvalue weighted by atomic mass is 16.3. The molecule has 21 heavy (non-hydrogen) atoms. The minimum Gasteiger partial charge on any atom is -0.392 e. The zero-order chi connectivity index (χ0) is 15.6. The van der Waals surface area contributed by atoms with E-state index in [2.05, 4.69) is 24.1 Å². The second-order valence-corrected chi connectivity index (χ2v) is 6.32. The summed E-state index contributed by atoms with van der Waals surface area (Å²) in [6.07, 6.45) is 0.309. The third-order valence-corrected chi connectivity index (χ3v) is 4.78. The number of nitrogens with zero attached hydrogens (tertiary/aromatic N) is 1. The van der Waals surface area contributed by atoms with Crippen LogP contribution in [0.3, 0.4) is 0 Å². The molecule has 2 atom stereocenters. The highest BCUT2D eigenvalue weighted by molar-refractivity contribution is 5.94. The fourth-order valence-corrected chi connectivity index (χ4v) is 2.80. The van der Waals surface area contributed by atoms with Crippen molar-refractivity contribution in [1.29, 1.82) is 0 Å². The molecular formula is C17H26N2O2. The monoisotopic (exact) mass is 290 g/mol. The standard InChI is InChI=1S/C17H26N2O2/c1-5-19(6-2)13-9-7-12(8-10-13)16(21)18-14-11-15(20)17(14,3)4/h7-10,14-15,20H,5-6,11H2,1-4H3,(H,18,21). The zero-order valence-electron chi connectivity index (χ0n) is 13.4. The summed E-state index contributed by atoms with van der Waals surface area (Å²) >= 11 is 0. The summed E-state index contributed by atoms with van der Waals surface area (Å²) in [7, 11) is 0. The first-order chi connectivity index (χ1) is 9.90. The zero-order valence-corrected chi connectivity index (χ0v) is 13.4. The average molecular weight is 290 g/mol. The molecule has 0 aromatic heterocycles. The highest BCUT2D eigenvalue weighted by Crippen LogP contribution is 2.40. The Morgan fingerprint density at radius 2 is 1.86 bits per heavy atom. The van der Waals surface area contributed by atoms with Crippen molar-refractivity contribution in [3.05, 3.63) is 29.8 Å². The molecule has 1 fully saturated rings. The number of rotatable bonds is 5. The van der Waals surface area contributed by atoms with Gasteiger partial charge in [0.1, 0.15) is 0 Å². The van der Waals surface area contributed by atoms with Crippen LogP contribution >= 0.6 is 0 Å². The van der Waals surface area contributed by atoms with Crippen LogP contribution < -0.4 is 10.2 Å². The molecule has 2 rings (SSSR count). The highest BCUT2D eigenvalue weighted by Gasteiger charge is 2.47. The molecule has 0 heterocycles. The number of hydrogen-bond donors (Lipinski definition) is 2. The lowest BCUT2D eigenvalue weighted by molar-refractivity contribution is -0.0689. The number of carbonyl (C=O) groups is 1. The molecule has 1 aromatic carbocycles. The molecule has 116 valence electrons. The predicted octanol–water partition coefficient (Wildman–Crippen LogP) is 2.42. The number of anilines is 1. The summed E-state index contributed by atoms with van der Waals surface area (Å²) in [6.45, 7) is 10.1. The smallest absolute Gasteiger partial charge is 0.251 e. The van der Waals surface area contributed by atoms with Crippen molar-refractivity contribution < 1.29 is 9.90 Å². The van der Waals surface area contributed by atoms with Crippen molar-refractivity contribution in [3.8, 4) is 0 Å². The average Bonchev–Trinajstić information content (AvgIpc) is 2.48. The molecule has 2 unspecified atom stereocenters. The van der Waals surface area contributed by atoms with Crippen LogP contribution in [-0.4, -0.2) is 36.2 Å². The van der Waals surface area contributed by atoms with Gasteiger partial charge < -0.3 is 15.3 Å². The Bertz CT molecular complexity index is 492. The van der Waals surface area contributed by atoms with E-state index in [9.17, 15) is 9.90 Å². The summed E-state index contributed by atoms with van der Waals surface area (Å²) < 4.78 is 0. The normalized spacial score (nSPS) is 23.3. The largest absolute Gasteiger partial charge is 0.392 e. The van der Waals surface area contributed by atoms with Gasteiger partial charge in [-0.05, 0) is 44.5 Å². The molecular weight excluding hydrogens is 264 g/mol. The Hall–Kier alpha value is -1.55. The van der Waals surface area contributed by atoms with Crippen molar-refractivity contribution in [2.75, 3.05) is 18.0 Å². The van der Waals surface area contributed by atoms with Gasteiger partial charge in [0.25, 0.3) is 5.91 Å². The molecule has 1 aromatic rings. The van der Waals surface area contributed by atoms with Gasteiger partial charge in [-0.1, -0.05) is 13.8 Å². The van der Waals surface area contributed by atoms with E-state index in [4.69, 9.17) is 0 Å². The van der Waals surface area contributed by atoms with Crippen molar-refractivity contribution in [2.45, 2.75) is 46.3 Å². The van der Waals surface area contributed by atoms with Crippen LogP contribution in [0.2, 0.25) is 0 Å². The van der Waals surface area contributed by atoms with Gasteiger partial charge in [-0.2, -0.15) is 0 Å². The van der Waals surface area contributed by atoms with Gasteiger partial charge in [-0.15, -0.1) is 0 Å². The first-order valence-corrected chi connectivity index (χ1v) is 7.74. The van der Waals surface area contributed by atoms with Crippen LogP contribution in [-0.2, 0) is 0 Å². The SMILES string of the molecule is CCN(CC)c1ccc(C(=O)NC2CC(O)C2(C)C)cc1. The van der Waals surface area contributed by atoms with Crippen molar-refractivity contribution in [3.63, 3.8) is 0 Å². The number of nitrogens with one attached hydrogen (secondary N) is 1. The van der Waals surface area contributed by atoms with Gasteiger partial charge in [0, 0.05) is 35.8 Å². The Morgan fingerprint density at radius 3 is 2.29 bits per heavy atom. The number of aliphatic hydroxyl groups excluding tert-OH is 1. The number of benzene rings is 1. The molecule has 0 aliphatic heterocycles. The second-order valence-electron chi connectivity index (χ2n) is 6.32. The summed E-state index contributed by atoms with van der Waals surface area (Å²) in [5.74, 6) is -0.0638. The molecule has 2 N–H and O–H groups in total. The lowest BCUT2D eigenvalue weighted by Gasteiger charge is -2.49. The predicted molar refractivity (Wildman–Crippen MR) is 85.7 cm³/mol. The molecule has 1 aliphatic carbocycles. The maximum atomic E-state index is 12.3. The van der Waals surface area contributed by atoms with Crippen molar-refractivity contribution in [2.24, 2.45) is 5.41 Å². The molecule has 0 spiro atoms. The van der Waals surface area contributed by atoms with Crippen LogP contribution in [0.5, 0.6) is 0 Å². The van der Waals surface area contributed by atoms with E-state index in [0.717, 1.165) is 18.8 Å². The fraction of sp³-hybridized carbons (Fsp3) is 0.588. The van der Waals surface area contributed by atoms with E-state index < -0.39 is 0 Å². The van der Waals surface area contributed by atoms with Gasteiger partial charge >= 0.3 is 0 Å². The van der Waals surface area contributed by atoms with E-state index >= 15 is 0 Å². The summed E-state index contributed by atoms with van der Waals surface area (Å²) in [4.78, 5) is 14.5. The minimum absolute atomic E-state index is 0.0439. The number of aliphatic hydroxyl groups is 1. The molecule has 4 heteroatoms. The van der Waals surface area contributed by atoms with E-state index in [-0.39, 0.29) is 23.5 Å². The Morgan fingerprint density at radius 1 is 1.29 bits per heavy atom. The van der Waals surface area contributed by atoms with Crippen LogP contribution in [0.15, 0.2) is 24.3 Å². The lowest BCUT2D eigenvalue weighted by atomic mass is 9.64. The van der Waals surface area contributed by atoms with Gasteiger partial charge in [0.15, 0.2) is 0 Å². The quantitative estimate of drug-likeness (QED) is 0.875. The van der Waals surface area contributed by atoms with E-state index in [1.807, 2.05) is 38.1 Å². The van der Waals surface area contributed by atoms with Crippen LogP contribution in [0.25, 0.3) is 0 Å². The van der Waals surface area contributed by atoms with Gasteiger partial charge in [-0.25, -0.2) is 0 Å². The third-order valence-electron chi connectivity index (χ3n) is 4.78. The topological polar surface area (TPSA) is 52.6 Å². The van der Waals surface area contributed by atoms with Crippen molar-refractivity contribution >= 4 is 11.6 Å². The molecule has 0 saturated heterocycles. The maximum Gasteiger partial charge on any atom is 0.251 e. The fourth-order valence-electron chi connectivity index (χ4n) is 2.80. The summed E-state index contributed by atoms with van der Waals surface area (Å²) in [5, 5.41) is 12.7. The van der Waals surface area contributed by atoms with Crippen LogP contribution in [0.4, 0.5) is 5.69 Å². The first-order valence-electron chi connectivity index (χ1n) is 7.74. The molecule has 1 aliphatic rings. The first kappa shape index (κ1) is 15.8. The molecule has 0 radical (unpaired) electrons. The van der Waals surface area contributed by atoms with E-state index in [1.54, 1.807) is 0 Å².